The lowest BCUT2D eigenvalue weighted by Gasteiger charge is -2.37. The number of benzene rings is 1. The van der Waals surface area contributed by atoms with Gasteiger partial charge >= 0.3 is 12.1 Å². The van der Waals surface area contributed by atoms with Crippen molar-refractivity contribution in [3.63, 3.8) is 0 Å². The molecule has 1 aromatic carbocycles. The Morgan fingerprint density at radius 3 is 2.44 bits per heavy atom. The highest BCUT2D eigenvalue weighted by molar-refractivity contribution is 6.33. The number of para-hydroxylation sites is 1. The van der Waals surface area contributed by atoms with Crippen molar-refractivity contribution in [2.75, 3.05) is 31.5 Å². The number of rotatable bonds is 4. The molecule has 0 spiro atoms. The average molecular weight is 488 g/mol. The fourth-order valence-corrected chi connectivity index (χ4v) is 5.21. The number of piperidine rings is 2. The van der Waals surface area contributed by atoms with E-state index in [1.54, 1.807) is 6.07 Å². The number of aromatic nitrogens is 2. The number of carbonyl (C=O) groups is 2. The Bertz CT molecular complexity index is 1070. The number of hydrogen-bond donors (Lipinski definition) is 2. The van der Waals surface area contributed by atoms with E-state index in [0.717, 1.165) is 43.0 Å². The summed E-state index contributed by atoms with van der Waals surface area (Å²) in [7, 11) is 0. The molecule has 3 amide bonds. The molecule has 2 aromatic rings. The van der Waals surface area contributed by atoms with E-state index < -0.39 is 6.09 Å². The summed E-state index contributed by atoms with van der Waals surface area (Å²) < 4.78 is 5.46. The molecule has 3 aliphatic rings. The molecule has 2 N–H and O–H groups in total. The monoisotopic (exact) mass is 487 g/mol. The highest BCUT2D eigenvalue weighted by atomic mass is 35.5. The maximum absolute atomic E-state index is 13.2. The molecule has 34 heavy (non-hydrogen) atoms. The molecule has 10 heteroatoms. The predicted octanol–water partition coefficient (Wildman–Crippen LogP) is 5.04. The summed E-state index contributed by atoms with van der Waals surface area (Å²) in [6, 6.07) is 5.45. The second-order valence-electron chi connectivity index (χ2n) is 9.96. The largest absolute Gasteiger partial charge is 0.465 e. The van der Waals surface area contributed by atoms with Crippen molar-refractivity contribution in [3.8, 4) is 0 Å². The standard InChI is InChI=1S/C24H30ClN5O4/c1-24(21-27-20(34-28-21)16-5-6-16)9-13-29(14-10-24)22(31)26-19-17(3-2-4-18(19)25)15-7-11-30(12-8-15)23(32)33/h2-4,15-16H,5-14H2,1H3,(H,26,31)(H,32,33). The van der Waals surface area contributed by atoms with Gasteiger partial charge in [-0.25, -0.2) is 9.59 Å². The zero-order valence-electron chi connectivity index (χ0n) is 19.3. The van der Waals surface area contributed by atoms with Crippen molar-refractivity contribution >= 4 is 29.4 Å². The molecule has 2 saturated heterocycles. The molecule has 3 fully saturated rings. The van der Waals surface area contributed by atoms with E-state index in [4.69, 9.17) is 16.1 Å². The van der Waals surface area contributed by atoms with Crippen LogP contribution in [0, 0.1) is 0 Å². The van der Waals surface area contributed by atoms with Crippen molar-refractivity contribution < 1.29 is 19.2 Å². The molecule has 5 rings (SSSR count). The molecule has 1 saturated carbocycles. The second kappa shape index (κ2) is 9.09. The van der Waals surface area contributed by atoms with Crippen LogP contribution in [0.4, 0.5) is 15.3 Å². The number of hydrogen-bond acceptors (Lipinski definition) is 5. The molecular formula is C24H30ClN5O4. The molecular weight excluding hydrogens is 458 g/mol. The third-order valence-electron chi connectivity index (χ3n) is 7.55. The van der Waals surface area contributed by atoms with Gasteiger partial charge in [0.05, 0.1) is 10.7 Å². The number of nitrogens with one attached hydrogen (secondary N) is 1. The summed E-state index contributed by atoms with van der Waals surface area (Å²) in [5.74, 6) is 2.07. The van der Waals surface area contributed by atoms with E-state index in [0.29, 0.717) is 55.6 Å². The fourth-order valence-electron chi connectivity index (χ4n) is 4.98. The van der Waals surface area contributed by atoms with Crippen LogP contribution in [0.2, 0.25) is 5.02 Å². The number of urea groups is 1. The zero-order chi connectivity index (χ0) is 23.9. The molecule has 1 aromatic heterocycles. The Hall–Kier alpha value is -2.81. The van der Waals surface area contributed by atoms with Crippen molar-refractivity contribution in [2.24, 2.45) is 0 Å². The van der Waals surface area contributed by atoms with Gasteiger partial charge < -0.3 is 24.7 Å². The summed E-state index contributed by atoms with van der Waals surface area (Å²) in [4.78, 5) is 32.3. The first kappa shape index (κ1) is 23.0. The Morgan fingerprint density at radius 2 is 1.79 bits per heavy atom. The van der Waals surface area contributed by atoms with Gasteiger partial charge in [0.15, 0.2) is 5.82 Å². The minimum Gasteiger partial charge on any atom is -0.465 e. The predicted molar refractivity (Wildman–Crippen MR) is 126 cm³/mol. The van der Waals surface area contributed by atoms with Crippen LogP contribution in [0.1, 0.15) is 74.6 Å². The zero-order valence-corrected chi connectivity index (χ0v) is 20.1. The van der Waals surface area contributed by atoms with Crippen molar-refractivity contribution in [1.82, 2.24) is 19.9 Å². The molecule has 0 radical (unpaired) electrons. The van der Waals surface area contributed by atoms with Crippen LogP contribution < -0.4 is 5.32 Å². The topological polar surface area (TPSA) is 112 Å². The Labute approximate surface area is 203 Å². The van der Waals surface area contributed by atoms with Crippen molar-refractivity contribution in [3.05, 3.63) is 40.5 Å². The summed E-state index contributed by atoms with van der Waals surface area (Å²) in [5, 5.41) is 17.0. The number of likely N-dealkylation sites (tertiary alicyclic amines) is 2. The minimum atomic E-state index is -0.889. The summed E-state index contributed by atoms with van der Waals surface area (Å²) >= 11 is 6.50. The van der Waals surface area contributed by atoms with Crippen LogP contribution in [0.15, 0.2) is 22.7 Å². The first-order valence-electron chi connectivity index (χ1n) is 12.0. The lowest BCUT2D eigenvalue weighted by Crippen LogP contribution is -2.46. The lowest BCUT2D eigenvalue weighted by atomic mass is 9.80. The van der Waals surface area contributed by atoms with Crippen LogP contribution >= 0.6 is 11.6 Å². The van der Waals surface area contributed by atoms with Crippen LogP contribution in [0.25, 0.3) is 0 Å². The van der Waals surface area contributed by atoms with Crippen LogP contribution in [-0.2, 0) is 5.41 Å². The quantitative estimate of drug-likeness (QED) is 0.624. The molecule has 1 aliphatic carbocycles. The summed E-state index contributed by atoms with van der Waals surface area (Å²) in [6.45, 7) is 4.27. The maximum Gasteiger partial charge on any atom is 0.407 e. The maximum atomic E-state index is 13.2. The number of halogens is 1. The highest BCUT2D eigenvalue weighted by Gasteiger charge is 2.39. The lowest BCUT2D eigenvalue weighted by molar-refractivity contribution is 0.132. The van der Waals surface area contributed by atoms with Gasteiger partial charge in [-0.3, -0.25) is 0 Å². The number of carboxylic acid groups (broad SMARTS) is 1. The van der Waals surface area contributed by atoms with E-state index in [1.807, 2.05) is 17.0 Å². The van der Waals surface area contributed by atoms with Gasteiger partial charge in [-0.05, 0) is 56.1 Å². The molecule has 0 bridgehead atoms. The first-order chi connectivity index (χ1) is 16.3. The van der Waals surface area contributed by atoms with Crippen LogP contribution in [0.3, 0.4) is 0 Å². The minimum absolute atomic E-state index is 0.146. The molecule has 9 nitrogen and oxygen atoms in total. The Kier molecular flexibility index (Phi) is 6.14. The normalized spacial score (nSPS) is 20.9. The number of amides is 3. The fraction of sp³-hybridized carbons (Fsp3) is 0.583. The van der Waals surface area contributed by atoms with Gasteiger partial charge in [0.1, 0.15) is 0 Å². The van der Waals surface area contributed by atoms with E-state index in [2.05, 4.69) is 22.4 Å². The third-order valence-corrected chi connectivity index (χ3v) is 7.86. The molecule has 0 atom stereocenters. The summed E-state index contributed by atoms with van der Waals surface area (Å²) in [6.07, 6.45) is 4.26. The van der Waals surface area contributed by atoms with Crippen molar-refractivity contribution in [1.29, 1.82) is 0 Å². The third kappa shape index (κ3) is 4.58. The number of nitrogens with zero attached hydrogens (tertiary/aromatic N) is 4. The van der Waals surface area contributed by atoms with Crippen LogP contribution in [-0.4, -0.2) is 63.4 Å². The van der Waals surface area contributed by atoms with Crippen molar-refractivity contribution in [2.45, 2.75) is 62.7 Å². The van der Waals surface area contributed by atoms with E-state index in [1.165, 1.54) is 4.90 Å². The SMILES string of the molecule is CC1(c2noc(C3CC3)n2)CCN(C(=O)Nc2c(Cl)cccc2C2CCN(C(=O)O)CC2)CC1. The molecule has 182 valence electrons. The van der Waals surface area contributed by atoms with E-state index in [9.17, 15) is 14.7 Å². The van der Waals surface area contributed by atoms with Crippen LogP contribution in [0.5, 0.6) is 0 Å². The molecule has 0 unspecified atom stereocenters. The van der Waals surface area contributed by atoms with E-state index in [-0.39, 0.29) is 17.4 Å². The van der Waals surface area contributed by atoms with Gasteiger partial charge in [0.2, 0.25) is 5.89 Å². The van der Waals surface area contributed by atoms with Gasteiger partial charge in [0, 0.05) is 37.5 Å². The van der Waals surface area contributed by atoms with Gasteiger partial charge in [-0.2, -0.15) is 4.98 Å². The smallest absolute Gasteiger partial charge is 0.407 e. The number of carbonyl (C=O) groups excluding carboxylic acids is 1. The summed E-state index contributed by atoms with van der Waals surface area (Å²) in [5.41, 5.74) is 1.39. The molecule has 3 heterocycles. The Morgan fingerprint density at radius 1 is 1.09 bits per heavy atom. The van der Waals surface area contributed by atoms with Gasteiger partial charge in [0.25, 0.3) is 0 Å². The van der Waals surface area contributed by atoms with Gasteiger partial charge in [-0.1, -0.05) is 35.8 Å². The highest BCUT2D eigenvalue weighted by Crippen LogP contribution is 2.41. The Balaban J connectivity index is 1.23. The number of anilines is 1. The average Bonchev–Trinajstić information content (AvgIpc) is 3.56. The van der Waals surface area contributed by atoms with Gasteiger partial charge in [-0.15, -0.1) is 0 Å². The second-order valence-corrected chi connectivity index (χ2v) is 10.4. The van der Waals surface area contributed by atoms with E-state index >= 15 is 0 Å². The molecule has 2 aliphatic heterocycles. The first-order valence-corrected chi connectivity index (χ1v) is 12.4.